The molecule has 0 radical (unpaired) electrons. The van der Waals surface area contributed by atoms with Crippen molar-refractivity contribution in [2.45, 2.75) is 37.6 Å². The van der Waals surface area contributed by atoms with Crippen molar-refractivity contribution in [2.24, 2.45) is 0 Å². The highest BCUT2D eigenvalue weighted by Crippen LogP contribution is 2.26. The van der Waals surface area contributed by atoms with Crippen LogP contribution >= 0.6 is 11.6 Å². The predicted octanol–water partition coefficient (Wildman–Crippen LogP) is -1.06. The first-order valence-electron chi connectivity index (χ1n) is 6.28. The maximum Gasteiger partial charge on any atom is 0.157 e. The zero-order valence-corrected chi connectivity index (χ0v) is 11.8. The van der Waals surface area contributed by atoms with Gasteiger partial charge in [-0.15, -0.1) is 0 Å². The Morgan fingerprint density at radius 1 is 1.29 bits per heavy atom. The number of anilines is 1. The number of hydrogen-bond donors (Lipinski definition) is 4. The summed E-state index contributed by atoms with van der Waals surface area (Å²) in [5.41, 5.74) is -0.0780. The summed E-state index contributed by atoms with van der Waals surface area (Å²) in [6.45, 7) is 1.52. The van der Waals surface area contributed by atoms with E-state index in [-0.39, 0.29) is 16.3 Å². The zero-order valence-electron chi connectivity index (χ0n) is 11.1. The molecule has 21 heavy (non-hydrogen) atoms. The summed E-state index contributed by atoms with van der Waals surface area (Å²) in [4.78, 5) is 11.1. The number of rotatable bonds is 3. The number of aromatic carboxylic acids is 1. The molecule has 1 aromatic rings. The van der Waals surface area contributed by atoms with E-state index >= 15 is 0 Å². The fraction of sp³-hybridized carbons (Fsp3) is 0.462. The smallest absolute Gasteiger partial charge is 0.157 e. The second-order valence-electron chi connectivity index (χ2n) is 4.86. The van der Waals surface area contributed by atoms with Crippen LogP contribution in [0.25, 0.3) is 0 Å². The second-order valence-corrected chi connectivity index (χ2v) is 5.29. The minimum Gasteiger partial charge on any atom is -0.545 e. The van der Waals surface area contributed by atoms with Crippen LogP contribution in [-0.2, 0) is 4.74 Å². The predicted molar refractivity (Wildman–Crippen MR) is 71.8 cm³/mol. The molecule has 1 heterocycles. The minimum atomic E-state index is -1.44. The van der Waals surface area contributed by atoms with Gasteiger partial charge in [0.25, 0.3) is 0 Å². The summed E-state index contributed by atoms with van der Waals surface area (Å²) in [5, 5.41) is 43.2. The number of carbonyl (C=O) groups excluding carboxylic acids is 1. The molecule has 116 valence electrons. The Balaban J connectivity index is 2.25. The average molecular weight is 317 g/mol. The van der Waals surface area contributed by atoms with Crippen molar-refractivity contribution < 1.29 is 30.0 Å². The fourth-order valence-electron chi connectivity index (χ4n) is 2.14. The summed E-state index contributed by atoms with van der Waals surface area (Å²) in [6, 6.07) is 3.98. The van der Waals surface area contributed by atoms with E-state index in [1.165, 1.54) is 25.1 Å². The number of halogens is 1. The number of ether oxygens (including phenoxy) is 1. The normalized spacial score (nSPS) is 32.7. The van der Waals surface area contributed by atoms with Gasteiger partial charge in [0, 0.05) is 16.3 Å². The molecule has 0 aliphatic carbocycles. The van der Waals surface area contributed by atoms with Gasteiger partial charge >= 0.3 is 0 Å². The van der Waals surface area contributed by atoms with Crippen LogP contribution in [0.4, 0.5) is 5.69 Å². The number of aliphatic hydroxyl groups excluding tert-OH is 3. The van der Waals surface area contributed by atoms with Gasteiger partial charge in [-0.25, -0.2) is 0 Å². The molecule has 0 unspecified atom stereocenters. The minimum absolute atomic E-state index is 0.0855. The highest BCUT2D eigenvalue weighted by atomic mass is 35.5. The van der Waals surface area contributed by atoms with Crippen molar-refractivity contribution in [2.75, 3.05) is 5.32 Å². The zero-order chi connectivity index (χ0) is 15.7. The Kier molecular flexibility index (Phi) is 4.70. The number of carboxylic acid groups (broad SMARTS) is 1. The monoisotopic (exact) mass is 316 g/mol. The van der Waals surface area contributed by atoms with E-state index in [1.807, 2.05) is 0 Å². The Morgan fingerprint density at radius 3 is 2.57 bits per heavy atom. The van der Waals surface area contributed by atoms with Gasteiger partial charge in [-0.2, -0.15) is 0 Å². The van der Waals surface area contributed by atoms with Gasteiger partial charge in [0.05, 0.1) is 12.1 Å². The van der Waals surface area contributed by atoms with Crippen molar-refractivity contribution >= 4 is 23.3 Å². The molecule has 1 aliphatic heterocycles. The van der Waals surface area contributed by atoms with Crippen molar-refractivity contribution in [1.29, 1.82) is 0 Å². The van der Waals surface area contributed by atoms with Gasteiger partial charge in [0.15, 0.2) is 6.23 Å². The molecular weight excluding hydrogens is 302 g/mol. The molecule has 2 rings (SSSR count). The number of nitrogens with one attached hydrogen (secondary N) is 1. The van der Waals surface area contributed by atoms with Crippen molar-refractivity contribution in [3.05, 3.63) is 28.8 Å². The molecule has 8 heteroatoms. The van der Waals surface area contributed by atoms with E-state index < -0.39 is 36.6 Å². The van der Waals surface area contributed by atoms with E-state index in [1.54, 1.807) is 0 Å². The fourth-order valence-corrected chi connectivity index (χ4v) is 2.31. The second kappa shape index (κ2) is 6.17. The van der Waals surface area contributed by atoms with Crippen LogP contribution in [0.15, 0.2) is 18.2 Å². The Hall–Kier alpha value is -1.38. The van der Waals surface area contributed by atoms with Crippen molar-refractivity contribution in [1.82, 2.24) is 0 Å². The number of aliphatic hydroxyl groups is 3. The standard InChI is InChI=1S/C13H16ClNO6/c1-5-9(16)10(17)11(18)12(21-5)15-8-4-6(14)2-3-7(8)13(19)20/h2-5,9-12,15-18H,1H3,(H,19,20)/p-1/t5-,9+,10+,11+,12-/m1/s1. The van der Waals surface area contributed by atoms with E-state index in [0.29, 0.717) is 0 Å². The Morgan fingerprint density at radius 2 is 1.95 bits per heavy atom. The van der Waals surface area contributed by atoms with E-state index in [9.17, 15) is 25.2 Å². The Bertz CT molecular complexity index is 539. The van der Waals surface area contributed by atoms with Crippen LogP contribution < -0.4 is 10.4 Å². The first kappa shape index (κ1) is 16.0. The molecule has 4 N–H and O–H groups in total. The van der Waals surface area contributed by atoms with Crippen LogP contribution in [0.1, 0.15) is 17.3 Å². The topological polar surface area (TPSA) is 122 Å². The molecule has 0 amide bonds. The lowest BCUT2D eigenvalue weighted by Crippen LogP contribution is -2.58. The number of carbonyl (C=O) groups is 1. The average Bonchev–Trinajstić information content (AvgIpc) is 2.42. The van der Waals surface area contributed by atoms with Crippen LogP contribution in [0.3, 0.4) is 0 Å². The molecule has 7 nitrogen and oxygen atoms in total. The lowest BCUT2D eigenvalue weighted by molar-refractivity contribution is -0.254. The molecule has 0 spiro atoms. The summed E-state index contributed by atoms with van der Waals surface area (Å²) in [7, 11) is 0. The van der Waals surface area contributed by atoms with Gasteiger partial charge < -0.3 is 35.3 Å². The van der Waals surface area contributed by atoms with Gasteiger partial charge in [0.2, 0.25) is 0 Å². The van der Waals surface area contributed by atoms with Gasteiger partial charge in [-0.05, 0) is 25.1 Å². The van der Waals surface area contributed by atoms with Crippen LogP contribution in [0, 0.1) is 0 Å². The van der Waals surface area contributed by atoms with Crippen LogP contribution in [-0.4, -0.2) is 51.9 Å². The molecule has 0 saturated carbocycles. The number of carboxylic acids is 1. The first-order chi connectivity index (χ1) is 9.81. The third kappa shape index (κ3) is 3.28. The molecule has 0 bridgehead atoms. The number of benzene rings is 1. The first-order valence-corrected chi connectivity index (χ1v) is 6.66. The molecule has 1 aromatic carbocycles. The Labute approximate surface area is 125 Å². The van der Waals surface area contributed by atoms with Crippen LogP contribution in [0.5, 0.6) is 0 Å². The highest BCUT2D eigenvalue weighted by molar-refractivity contribution is 6.31. The maximum absolute atomic E-state index is 11.1. The van der Waals surface area contributed by atoms with E-state index in [0.717, 1.165) is 0 Å². The molecular formula is C13H15ClNO6-. The molecule has 1 aliphatic rings. The van der Waals surface area contributed by atoms with Crippen LogP contribution in [0.2, 0.25) is 5.02 Å². The maximum atomic E-state index is 11.1. The van der Waals surface area contributed by atoms with E-state index in [4.69, 9.17) is 16.3 Å². The summed E-state index contributed by atoms with van der Waals surface area (Å²) in [6.07, 6.45) is -5.94. The van der Waals surface area contributed by atoms with Crippen molar-refractivity contribution in [3.8, 4) is 0 Å². The molecule has 0 aromatic heterocycles. The molecule has 1 fully saturated rings. The highest BCUT2D eigenvalue weighted by Gasteiger charge is 2.41. The third-order valence-electron chi connectivity index (χ3n) is 3.35. The van der Waals surface area contributed by atoms with Gasteiger partial charge in [-0.3, -0.25) is 0 Å². The van der Waals surface area contributed by atoms with E-state index in [2.05, 4.69) is 5.32 Å². The van der Waals surface area contributed by atoms with Crippen molar-refractivity contribution in [3.63, 3.8) is 0 Å². The lowest BCUT2D eigenvalue weighted by Gasteiger charge is -2.40. The molecule has 5 atom stereocenters. The molecule has 1 saturated heterocycles. The SMILES string of the molecule is C[C@H]1O[C@@H](Nc2cc(Cl)ccc2C(=O)[O-])[C@@H](O)[C@@H](O)[C@H]1O. The lowest BCUT2D eigenvalue weighted by atomic mass is 9.99. The summed E-state index contributed by atoms with van der Waals surface area (Å²) >= 11 is 5.81. The summed E-state index contributed by atoms with van der Waals surface area (Å²) < 4.78 is 5.33. The largest absolute Gasteiger partial charge is 0.545 e. The summed E-state index contributed by atoms with van der Waals surface area (Å²) in [5.74, 6) is -1.42. The van der Waals surface area contributed by atoms with Gasteiger partial charge in [0.1, 0.15) is 18.3 Å². The van der Waals surface area contributed by atoms with Gasteiger partial charge in [-0.1, -0.05) is 11.6 Å². The number of hydrogen-bond acceptors (Lipinski definition) is 7. The quantitative estimate of drug-likeness (QED) is 0.561. The third-order valence-corrected chi connectivity index (χ3v) is 3.59.